The third-order valence-corrected chi connectivity index (χ3v) is 7.03. The van der Waals surface area contributed by atoms with E-state index in [1.54, 1.807) is 6.07 Å². The molecule has 0 bridgehead atoms. The van der Waals surface area contributed by atoms with E-state index in [1.165, 1.54) is 38.5 Å². The van der Waals surface area contributed by atoms with Gasteiger partial charge in [-0.25, -0.2) is 9.59 Å². The van der Waals surface area contributed by atoms with Crippen molar-refractivity contribution in [3.63, 3.8) is 0 Å². The molecule has 3 rings (SSSR count). The number of nitrogens with zero attached hydrogens (tertiary/aromatic N) is 1. The van der Waals surface area contributed by atoms with Crippen molar-refractivity contribution < 1.29 is 19.2 Å². The lowest BCUT2D eigenvalue weighted by atomic mass is 9.90. The number of alkyl carbamates (subject to hydrolysis) is 1. The van der Waals surface area contributed by atoms with Crippen molar-refractivity contribution in [3.8, 4) is 0 Å². The van der Waals surface area contributed by atoms with Crippen LogP contribution in [0.2, 0.25) is 5.02 Å². The molecule has 1 aromatic rings. The van der Waals surface area contributed by atoms with Gasteiger partial charge in [-0.3, -0.25) is 0 Å². The first-order valence-electron chi connectivity index (χ1n) is 12.6. The molecule has 0 heterocycles. The Bertz CT molecular complexity index is 742. The fourth-order valence-corrected chi connectivity index (χ4v) is 5.10. The Hall–Kier alpha value is -1.79. The van der Waals surface area contributed by atoms with Gasteiger partial charge in [0.25, 0.3) is 0 Å². The Labute approximate surface area is 203 Å². The predicted molar refractivity (Wildman–Crippen MR) is 130 cm³/mol. The molecule has 1 N–H and O–H groups in total. The highest BCUT2D eigenvalue weighted by atomic mass is 35.5. The maximum atomic E-state index is 13.3. The van der Waals surface area contributed by atoms with Gasteiger partial charge in [0.05, 0.1) is 0 Å². The Kier molecular flexibility index (Phi) is 10.3. The zero-order chi connectivity index (χ0) is 23.6. The van der Waals surface area contributed by atoms with Crippen LogP contribution < -0.4 is 5.32 Å². The number of nitrogens with one attached hydrogen (secondary N) is 1. The van der Waals surface area contributed by atoms with Crippen LogP contribution in [0, 0.1) is 5.92 Å². The van der Waals surface area contributed by atoms with Gasteiger partial charge in [0, 0.05) is 22.7 Å². The molecule has 0 aromatic heterocycles. The monoisotopic (exact) mass is 478 g/mol. The van der Waals surface area contributed by atoms with E-state index >= 15 is 0 Å². The molecule has 6 nitrogen and oxygen atoms in total. The molecule has 2 aliphatic carbocycles. The van der Waals surface area contributed by atoms with Crippen molar-refractivity contribution in [2.45, 2.75) is 109 Å². The first-order valence-corrected chi connectivity index (χ1v) is 13.0. The number of halogens is 1. The van der Waals surface area contributed by atoms with Crippen molar-refractivity contribution in [3.05, 3.63) is 34.9 Å². The molecule has 1 aromatic carbocycles. The topological polar surface area (TPSA) is 67.9 Å². The highest BCUT2D eigenvalue weighted by molar-refractivity contribution is 6.31. The molecule has 0 unspecified atom stereocenters. The number of hydrogen-bond donors (Lipinski definition) is 1. The maximum Gasteiger partial charge on any atom is 0.408 e. The highest BCUT2D eigenvalue weighted by Gasteiger charge is 2.34. The second-order valence-electron chi connectivity index (χ2n) is 9.85. The fraction of sp³-hybridized carbons (Fsp3) is 0.692. The van der Waals surface area contributed by atoms with Gasteiger partial charge in [0.15, 0.2) is 0 Å². The molecular formula is C26H39ClN2O4. The van der Waals surface area contributed by atoms with E-state index in [1.807, 2.05) is 37.1 Å². The van der Waals surface area contributed by atoms with Gasteiger partial charge in [-0.15, -0.1) is 5.06 Å². The third-order valence-electron chi connectivity index (χ3n) is 6.66. The minimum absolute atomic E-state index is 0.0469. The summed E-state index contributed by atoms with van der Waals surface area (Å²) in [6.45, 7) is 4.10. The number of benzene rings is 1. The molecule has 0 spiro atoms. The van der Waals surface area contributed by atoms with Crippen molar-refractivity contribution in [1.82, 2.24) is 10.4 Å². The summed E-state index contributed by atoms with van der Waals surface area (Å²) < 4.78 is 5.35. The van der Waals surface area contributed by atoms with Crippen molar-refractivity contribution in [2.75, 3.05) is 0 Å². The molecule has 0 saturated heterocycles. The van der Waals surface area contributed by atoms with E-state index in [-0.39, 0.29) is 24.6 Å². The molecule has 2 aliphatic rings. The molecule has 0 aliphatic heterocycles. The summed E-state index contributed by atoms with van der Waals surface area (Å²) in [5.41, 5.74) is 0.720. The summed E-state index contributed by atoms with van der Waals surface area (Å²) in [5.74, 6) is -0.182. The van der Waals surface area contributed by atoms with Crippen LogP contribution >= 0.6 is 11.6 Å². The van der Waals surface area contributed by atoms with E-state index in [0.29, 0.717) is 11.4 Å². The van der Waals surface area contributed by atoms with Crippen molar-refractivity contribution in [1.29, 1.82) is 0 Å². The lowest BCUT2D eigenvalue weighted by molar-refractivity contribution is -0.225. The van der Waals surface area contributed by atoms with E-state index in [2.05, 4.69) is 5.32 Å². The quantitative estimate of drug-likeness (QED) is 0.415. The van der Waals surface area contributed by atoms with Gasteiger partial charge < -0.3 is 14.9 Å². The first kappa shape index (κ1) is 25.8. The van der Waals surface area contributed by atoms with Gasteiger partial charge in [-0.2, -0.15) is 0 Å². The summed E-state index contributed by atoms with van der Waals surface area (Å²) in [6, 6.07) is 7.02. The highest BCUT2D eigenvalue weighted by Crippen LogP contribution is 2.30. The van der Waals surface area contributed by atoms with Crippen LogP contribution in [-0.4, -0.2) is 35.3 Å². The molecule has 33 heavy (non-hydrogen) atoms. The average Bonchev–Trinajstić information content (AvgIpc) is 2.82. The summed E-state index contributed by atoms with van der Waals surface area (Å²) in [6.07, 6.45) is 11.3. The summed E-state index contributed by atoms with van der Waals surface area (Å²) in [7, 11) is 0. The molecule has 0 radical (unpaired) electrons. The van der Waals surface area contributed by atoms with Crippen LogP contribution in [0.15, 0.2) is 24.3 Å². The summed E-state index contributed by atoms with van der Waals surface area (Å²) in [4.78, 5) is 31.9. The number of hydrogen-bond acceptors (Lipinski definition) is 5. The Morgan fingerprint density at radius 1 is 1.00 bits per heavy atom. The Balaban J connectivity index is 1.63. The first-order chi connectivity index (χ1) is 15.9. The molecule has 2 fully saturated rings. The Morgan fingerprint density at radius 3 is 2.12 bits per heavy atom. The van der Waals surface area contributed by atoms with Crippen LogP contribution in [0.5, 0.6) is 0 Å². The summed E-state index contributed by atoms with van der Waals surface area (Å²) >= 11 is 6.15. The second-order valence-corrected chi connectivity index (χ2v) is 10.3. The molecule has 184 valence electrons. The van der Waals surface area contributed by atoms with Crippen LogP contribution in [0.4, 0.5) is 4.79 Å². The van der Waals surface area contributed by atoms with Crippen LogP contribution in [-0.2, 0) is 21.0 Å². The van der Waals surface area contributed by atoms with Gasteiger partial charge in [0.1, 0.15) is 12.6 Å². The maximum absolute atomic E-state index is 13.3. The minimum Gasteiger partial charge on any atom is -0.445 e. The lowest BCUT2D eigenvalue weighted by Gasteiger charge is -2.40. The zero-order valence-corrected chi connectivity index (χ0v) is 20.8. The number of carbonyl (C=O) groups is 2. The summed E-state index contributed by atoms with van der Waals surface area (Å²) in [5, 5.41) is 5.29. The van der Waals surface area contributed by atoms with E-state index in [4.69, 9.17) is 21.2 Å². The van der Waals surface area contributed by atoms with Gasteiger partial charge in [-0.05, 0) is 44.1 Å². The van der Waals surface area contributed by atoms with Crippen LogP contribution in [0.1, 0.15) is 90.0 Å². The van der Waals surface area contributed by atoms with E-state index in [9.17, 15) is 9.59 Å². The van der Waals surface area contributed by atoms with Gasteiger partial charge in [0.2, 0.25) is 0 Å². The normalized spacial score (nSPS) is 18.8. The van der Waals surface area contributed by atoms with Gasteiger partial charge >= 0.3 is 12.1 Å². The molecular weight excluding hydrogens is 440 g/mol. The second kappa shape index (κ2) is 13.2. The fourth-order valence-electron chi connectivity index (χ4n) is 4.91. The molecule has 2 saturated carbocycles. The van der Waals surface area contributed by atoms with Crippen LogP contribution in [0.3, 0.4) is 0 Å². The number of hydroxylamine groups is 2. The largest absolute Gasteiger partial charge is 0.445 e. The predicted octanol–water partition coefficient (Wildman–Crippen LogP) is 6.41. The van der Waals surface area contributed by atoms with Crippen LogP contribution in [0.25, 0.3) is 0 Å². The van der Waals surface area contributed by atoms with Gasteiger partial charge in [-0.1, -0.05) is 82.2 Å². The minimum atomic E-state index is -0.751. The average molecular weight is 479 g/mol. The smallest absolute Gasteiger partial charge is 0.408 e. The SMILES string of the molecule is CC(C)C[C@H](NC(=O)OCc1ccccc1Cl)C(=O)ON(C1CCCCC1)C1CCCCC1. The standard InChI is InChI=1S/C26H39ClN2O4/c1-19(2)17-24(28-26(31)32-18-20-11-9-10-16-23(20)27)25(30)33-29(21-12-5-3-6-13-21)22-14-7-4-8-15-22/h9-11,16,19,21-22,24H,3-8,12-15,17-18H2,1-2H3,(H,28,31)/t24-/m0/s1. The number of rotatable bonds is 9. The molecule has 1 amide bonds. The van der Waals surface area contributed by atoms with Crippen molar-refractivity contribution in [2.24, 2.45) is 5.92 Å². The number of amides is 1. The number of ether oxygens (including phenoxy) is 1. The van der Waals surface area contributed by atoms with E-state index in [0.717, 1.165) is 31.2 Å². The molecule has 7 heteroatoms. The third kappa shape index (κ3) is 8.18. The van der Waals surface area contributed by atoms with Crippen molar-refractivity contribution >= 4 is 23.7 Å². The molecule has 1 atom stereocenters. The Morgan fingerprint density at radius 2 is 1.58 bits per heavy atom. The lowest BCUT2D eigenvalue weighted by Crippen LogP contribution is -2.50. The zero-order valence-electron chi connectivity index (χ0n) is 20.1. The van der Waals surface area contributed by atoms with E-state index < -0.39 is 18.1 Å². The number of carbonyl (C=O) groups excluding carboxylic acids is 2.